The van der Waals surface area contributed by atoms with E-state index in [1.165, 1.54) is 15.8 Å². The van der Waals surface area contributed by atoms with Gasteiger partial charge in [0.2, 0.25) is 0 Å². The van der Waals surface area contributed by atoms with E-state index in [0.717, 1.165) is 12.2 Å². The van der Waals surface area contributed by atoms with Gasteiger partial charge in [0.1, 0.15) is 5.65 Å². The minimum atomic E-state index is 0.381. The topological polar surface area (TPSA) is 40.7 Å². The van der Waals surface area contributed by atoms with Crippen LogP contribution in [0.1, 0.15) is 23.4 Å². The molecular formula is C14H15N3S. The summed E-state index contributed by atoms with van der Waals surface area (Å²) < 4.78 is 0. The SMILES string of the molecule is CC(NCc1c[nH]c2ncccc12)c1cccs1. The van der Waals surface area contributed by atoms with Crippen LogP contribution in [0, 0.1) is 0 Å². The van der Waals surface area contributed by atoms with E-state index in [4.69, 9.17) is 0 Å². The maximum Gasteiger partial charge on any atom is 0.137 e. The first-order valence-corrected chi connectivity index (χ1v) is 6.90. The third-order valence-electron chi connectivity index (χ3n) is 3.11. The molecule has 1 unspecified atom stereocenters. The Bertz CT molecular complexity index is 627. The monoisotopic (exact) mass is 257 g/mol. The molecule has 0 aromatic carbocycles. The van der Waals surface area contributed by atoms with Gasteiger partial charge in [-0.05, 0) is 36.1 Å². The molecule has 0 amide bonds. The maximum absolute atomic E-state index is 4.30. The van der Waals surface area contributed by atoms with Gasteiger partial charge in [-0.1, -0.05) is 6.07 Å². The number of nitrogens with zero attached hydrogens (tertiary/aromatic N) is 1. The van der Waals surface area contributed by atoms with Crippen LogP contribution in [0.15, 0.2) is 42.0 Å². The van der Waals surface area contributed by atoms with E-state index >= 15 is 0 Å². The van der Waals surface area contributed by atoms with Crippen LogP contribution >= 0.6 is 11.3 Å². The normalized spacial score (nSPS) is 12.9. The van der Waals surface area contributed by atoms with Crippen LogP contribution in [0.3, 0.4) is 0 Å². The Morgan fingerprint density at radius 1 is 1.39 bits per heavy atom. The molecule has 2 N–H and O–H groups in total. The van der Waals surface area contributed by atoms with Crippen LogP contribution in [-0.4, -0.2) is 9.97 Å². The predicted octanol–water partition coefficient (Wildman–Crippen LogP) is 3.48. The smallest absolute Gasteiger partial charge is 0.137 e. The van der Waals surface area contributed by atoms with Gasteiger partial charge >= 0.3 is 0 Å². The molecule has 4 heteroatoms. The lowest BCUT2D eigenvalue weighted by molar-refractivity contribution is 0.585. The Kier molecular flexibility index (Phi) is 3.13. The highest BCUT2D eigenvalue weighted by Gasteiger charge is 2.08. The molecule has 0 radical (unpaired) electrons. The van der Waals surface area contributed by atoms with Gasteiger partial charge in [-0.15, -0.1) is 11.3 Å². The average Bonchev–Trinajstić information content (AvgIpc) is 3.06. The van der Waals surface area contributed by atoms with E-state index in [2.05, 4.69) is 45.8 Å². The number of rotatable bonds is 4. The Morgan fingerprint density at radius 2 is 2.33 bits per heavy atom. The fourth-order valence-corrected chi connectivity index (χ4v) is 2.82. The van der Waals surface area contributed by atoms with Crippen LogP contribution in [0.25, 0.3) is 11.0 Å². The molecule has 1 atom stereocenters. The van der Waals surface area contributed by atoms with E-state index in [0.29, 0.717) is 6.04 Å². The van der Waals surface area contributed by atoms with Crippen LogP contribution < -0.4 is 5.32 Å². The summed E-state index contributed by atoms with van der Waals surface area (Å²) >= 11 is 1.79. The van der Waals surface area contributed by atoms with Crippen molar-refractivity contribution in [1.29, 1.82) is 0 Å². The summed E-state index contributed by atoms with van der Waals surface area (Å²) in [5, 5.41) is 6.85. The lowest BCUT2D eigenvalue weighted by Gasteiger charge is -2.11. The van der Waals surface area contributed by atoms with Gasteiger partial charge in [0.05, 0.1) is 0 Å². The molecule has 3 aromatic rings. The highest BCUT2D eigenvalue weighted by Crippen LogP contribution is 2.20. The Hall–Kier alpha value is -1.65. The second kappa shape index (κ2) is 4.92. The van der Waals surface area contributed by atoms with Gasteiger partial charge in [0.25, 0.3) is 0 Å². The number of pyridine rings is 1. The largest absolute Gasteiger partial charge is 0.346 e. The predicted molar refractivity (Wildman–Crippen MR) is 75.7 cm³/mol. The van der Waals surface area contributed by atoms with Crippen molar-refractivity contribution in [3.8, 4) is 0 Å². The van der Waals surface area contributed by atoms with Crippen molar-refractivity contribution in [2.75, 3.05) is 0 Å². The number of fused-ring (bicyclic) bond motifs is 1. The highest BCUT2D eigenvalue weighted by molar-refractivity contribution is 7.10. The summed E-state index contributed by atoms with van der Waals surface area (Å²) in [6.45, 7) is 3.05. The third-order valence-corrected chi connectivity index (χ3v) is 4.16. The number of hydrogen-bond donors (Lipinski definition) is 2. The van der Waals surface area contributed by atoms with Gasteiger partial charge in [0.15, 0.2) is 0 Å². The zero-order valence-corrected chi connectivity index (χ0v) is 11.0. The first-order chi connectivity index (χ1) is 8.84. The van der Waals surface area contributed by atoms with Crippen LogP contribution in [0.4, 0.5) is 0 Å². The number of aromatic nitrogens is 2. The third kappa shape index (κ3) is 2.17. The van der Waals surface area contributed by atoms with Crippen molar-refractivity contribution in [2.45, 2.75) is 19.5 Å². The molecule has 0 saturated heterocycles. The molecule has 3 heterocycles. The molecule has 0 aliphatic rings. The molecule has 0 spiro atoms. The van der Waals surface area contributed by atoms with Crippen LogP contribution in [0.2, 0.25) is 0 Å². The van der Waals surface area contributed by atoms with Gasteiger partial charge in [-0.25, -0.2) is 4.98 Å². The molecule has 92 valence electrons. The van der Waals surface area contributed by atoms with Gasteiger partial charge in [-0.2, -0.15) is 0 Å². The number of hydrogen-bond acceptors (Lipinski definition) is 3. The summed E-state index contributed by atoms with van der Waals surface area (Å²) in [6, 6.07) is 8.72. The lowest BCUT2D eigenvalue weighted by atomic mass is 10.2. The molecule has 0 bridgehead atoms. The standard InChI is InChI=1S/C14H15N3S/c1-10(13-5-3-7-18-13)16-8-11-9-17-14-12(11)4-2-6-15-14/h2-7,9-10,16H,8H2,1H3,(H,15,17). The number of H-pyrrole nitrogens is 1. The van der Waals surface area contributed by atoms with Crippen molar-refractivity contribution in [3.05, 3.63) is 52.5 Å². The molecule has 18 heavy (non-hydrogen) atoms. The Labute approximate surface area is 110 Å². The Morgan fingerprint density at radius 3 is 3.17 bits per heavy atom. The van der Waals surface area contributed by atoms with E-state index in [9.17, 15) is 0 Å². The molecule has 0 aliphatic heterocycles. The summed E-state index contributed by atoms with van der Waals surface area (Å²) in [5.74, 6) is 0. The quantitative estimate of drug-likeness (QED) is 0.751. The fourth-order valence-electron chi connectivity index (χ4n) is 2.06. The summed E-state index contributed by atoms with van der Waals surface area (Å²) in [7, 11) is 0. The summed E-state index contributed by atoms with van der Waals surface area (Å²) in [5.41, 5.74) is 2.22. The summed E-state index contributed by atoms with van der Waals surface area (Å²) in [4.78, 5) is 8.86. The fraction of sp³-hybridized carbons (Fsp3) is 0.214. The average molecular weight is 257 g/mol. The molecule has 0 saturated carbocycles. The summed E-state index contributed by atoms with van der Waals surface area (Å²) in [6.07, 6.45) is 3.84. The van der Waals surface area contributed by atoms with E-state index in [1.807, 2.05) is 18.5 Å². The maximum atomic E-state index is 4.30. The first-order valence-electron chi connectivity index (χ1n) is 6.02. The first kappa shape index (κ1) is 11.4. The number of nitrogens with one attached hydrogen (secondary N) is 2. The minimum absolute atomic E-state index is 0.381. The molecule has 3 nitrogen and oxygen atoms in total. The molecule has 0 fully saturated rings. The zero-order valence-electron chi connectivity index (χ0n) is 10.2. The second-order valence-corrected chi connectivity index (χ2v) is 5.31. The highest BCUT2D eigenvalue weighted by atomic mass is 32.1. The minimum Gasteiger partial charge on any atom is -0.346 e. The van der Waals surface area contributed by atoms with Crippen molar-refractivity contribution in [3.63, 3.8) is 0 Å². The van der Waals surface area contributed by atoms with Crippen molar-refractivity contribution in [1.82, 2.24) is 15.3 Å². The van der Waals surface area contributed by atoms with Crippen molar-refractivity contribution in [2.24, 2.45) is 0 Å². The van der Waals surface area contributed by atoms with Crippen LogP contribution in [-0.2, 0) is 6.54 Å². The molecular weight excluding hydrogens is 242 g/mol. The van der Waals surface area contributed by atoms with Crippen LogP contribution in [0.5, 0.6) is 0 Å². The zero-order chi connectivity index (χ0) is 12.4. The Balaban J connectivity index is 1.73. The molecule has 3 aromatic heterocycles. The van der Waals surface area contributed by atoms with Crippen molar-refractivity contribution < 1.29 is 0 Å². The second-order valence-electron chi connectivity index (χ2n) is 4.33. The lowest BCUT2D eigenvalue weighted by Crippen LogP contribution is -2.16. The number of aromatic amines is 1. The number of thiophene rings is 1. The van der Waals surface area contributed by atoms with Crippen molar-refractivity contribution >= 4 is 22.4 Å². The van der Waals surface area contributed by atoms with E-state index < -0.39 is 0 Å². The van der Waals surface area contributed by atoms with E-state index in [1.54, 1.807) is 11.3 Å². The van der Waals surface area contributed by atoms with E-state index in [-0.39, 0.29) is 0 Å². The molecule has 3 rings (SSSR count). The van der Waals surface area contributed by atoms with Gasteiger partial charge < -0.3 is 10.3 Å². The van der Waals surface area contributed by atoms with Gasteiger partial charge in [-0.3, -0.25) is 0 Å². The van der Waals surface area contributed by atoms with Gasteiger partial charge in [0, 0.05) is 35.2 Å². The molecule has 0 aliphatic carbocycles.